The largest absolute Gasteiger partial charge is 0.497 e. The number of unbranched alkanes of at least 4 members (excludes halogenated alkanes) is 2. The molecule has 15 atom stereocenters. The van der Waals surface area contributed by atoms with Crippen LogP contribution in [0.2, 0.25) is 0 Å². The Morgan fingerprint density at radius 3 is 1.48 bits per heavy atom. The molecule has 4 heterocycles. The Morgan fingerprint density at radius 2 is 0.948 bits per heavy atom. The third kappa shape index (κ3) is 18.0. The van der Waals surface area contributed by atoms with Crippen molar-refractivity contribution in [2.75, 3.05) is 34.0 Å². The molecular formula is C76H83NO20. The first-order valence-corrected chi connectivity index (χ1v) is 32.8. The van der Waals surface area contributed by atoms with Crippen LogP contribution in [0.4, 0.5) is 0 Å². The fourth-order valence-electron chi connectivity index (χ4n) is 12.4. The molecule has 0 saturated carbocycles. The summed E-state index contributed by atoms with van der Waals surface area (Å²) in [7, 11) is 2.89. The maximum Gasteiger partial charge on any atom is 0.338 e. The van der Waals surface area contributed by atoms with E-state index < -0.39 is 123 Å². The van der Waals surface area contributed by atoms with Gasteiger partial charge in [0.1, 0.15) is 66.7 Å². The van der Waals surface area contributed by atoms with E-state index in [1.54, 1.807) is 73.8 Å². The molecule has 11 rings (SSSR count). The second-order valence-corrected chi connectivity index (χ2v) is 24.1. The number of imide groups is 1. The van der Waals surface area contributed by atoms with E-state index in [0.29, 0.717) is 30.6 Å². The van der Waals surface area contributed by atoms with Gasteiger partial charge in [0.25, 0.3) is 11.8 Å². The molecule has 2 N–H and O–H groups in total. The van der Waals surface area contributed by atoms with Crippen molar-refractivity contribution in [1.29, 1.82) is 0 Å². The predicted molar refractivity (Wildman–Crippen MR) is 350 cm³/mol. The number of hydrogen-bond donors (Lipinski definition) is 2. The van der Waals surface area contributed by atoms with Crippen molar-refractivity contribution in [2.45, 2.75) is 158 Å². The predicted octanol–water partition coefficient (Wildman–Crippen LogP) is 9.51. The Hall–Kier alpha value is -8.10. The van der Waals surface area contributed by atoms with Crippen molar-refractivity contribution in [3.63, 3.8) is 0 Å². The number of amides is 2. The summed E-state index contributed by atoms with van der Waals surface area (Å²) in [5, 5.41) is 23.8. The summed E-state index contributed by atoms with van der Waals surface area (Å²) >= 11 is 0. The monoisotopic (exact) mass is 1330 g/mol. The molecule has 0 bridgehead atoms. The number of fused-ring (bicyclic) bond motifs is 1. The SMILES string of the molecule is COC(=O)CCCCCO[C@@H]1O[C@H](CO[C@@H]2O[C@H](CO)[C@H](O)[C@H](O[C@@H]3O[C@@H](C)[C@@H](OCc4ccccc4)[C@@H](OCc4ccccc4)[C@@H]3OCc3ccccc3)[C@H]2OC(=O)c2ccccc2)[C@@H](OCc2ccc(OC)cc2)[C@H](OCc2ccccc2)[C@H]1N1C(=O)c2ccccc2C1=O. The lowest BCUT2D eigenvalue weighted by molar-refractivity contribution is -0.370. The normalized spacial score (nSPS) is 26.3. The number of ether oxygens (including phenoxy) is 14. The summed E-state index contributed by atoms with van der Waals surface area (Å²) in [6, 6.07) is 58.8. The smallest absolute Gasteiger partial charge is 0.338 e. The quantitative estimate of drug-likeness (QED) is 0.0227. The Labute approximate surface area is 564 Å². The van der Waals surface area contributed by atoms with E-state index in [-0.39, 0.29) is 68.7 Å². The molecule has 4 aliphatic heterocycles. The fourth-order valence-corrected chi connectivity index (χ4v) is 12.4. The summed E-state index contributed by atoms with van der Waals surface area (Å²) in [5.41, 5.74) is 4.55. The van der Waals surface area contributed by atoms with Crippen LogP contribution < -0.4 is 4.74 Å². The molecule has 512 valence electrons. The van der Waals surface area contributed by atoms with Crippen LogP contribution in [-0.4, -0.2) is 165 Å². The number of esters is 2. The van der Waals surface area contributed by atoms with E-state index in [2.05, 4.69) is 0 Å². The van der Waals surface area contributed by atoms with Gasteiger partial charge < -0.3 is 76.5 Å². The van der Waals surface area contributed by atoms with Gasteiger partial charge in [-0.15, -0.1) is 0 Å². The van der Waals surface area contributed by atoms with Crippen molar-refractivity contribution >= 4 is 23.8 Å². The highest BCUT2D eigenvalue weighted by Gasteiger charge is 2.58. The number of benzene rings is 7. The van der Waals surface area contributed by atoms with Crippen LogP contribution in [0.1, 0.15) is 91.5 Å². The van der Waals surface area contributed by atoms with Gasteiger partial charge in [0, 0.05) is 13.0 Å². The highest BCUT2D eigenvalue weighted by molar-refractivity contribution is 6.21. The second kappa shape index (κ2) is 34.9. The van der Waals surface area contributed by atoms with E-state index >= 15 is 0 Å². The average Bonchev–Trinajstić information content (AvgIpc) is 1.67. The van der Waals surface area contributed by atoms with Crippen molar-refractivity contribution in [2.24, 2.45) is 0 Å². The van der Waals surface area contributed by atoms with Crippen LogP contribution in [0.15, 0.2) is 200 Å². The molecule has 0 aliphatic carbocycles. The van der Waals surface area contributed by atoms with Gasteiger partial charge in [-0.2, -0.15) is 0 Å². The minimum absolute atomic E-state index is 0.0320. The molecule has 21 nitrogen and oxygen atoms in total. The molecule has 0 aromatic heterocycles. The Morgan fingerprint density at radius 1 is 0.464 bits per heavy atom. The first kappa shape index (κ1) is 70.2. The van der Waals surface area contributed by atoms with Crippen LogP contribution >= 0.6 is 0 Å². The molecule has 0 radical (unpaired) electrons. The lowest BCUT2D eigenvalue weighted by atomic mass is 9.94. The van der Waals surface area contributed by atoms with Gasteiger partial charge in [-0.1, -0.05) is 170 Å². The molecule has 21 heteroatoms. The molecular weight excluding hydrogens is 1250 g/mol. The van der Waals surface area contributed by atoms with Crippen LogP contribution in [0, 0.1) is 0 Å². The molecule has 2 amide bonds. The first-order valence-electron chi connectivity index (χ1n) is 32.8. The minimum atomic E-state index is -1.73. The van der Waals surface area contributed by atoms with E-state index in [4.69, 9.17) is 66.3 Å². The Bertz CT molecular complexity index is 3540. The summed E-state index contributed by atoms with van der Waals surface area (Å²) in [5.74, 6) is -1.81. The number of methoxy groups -OCH3 is 2. The van der Waals surface area contributed by atoms with E-state index in [1.165, 1.54) is 7.11 Å². The summed E-state index contributed by atoms with van der Waals surface area (Å²) in [6.07, 6.45) is -16.5. The molecule has 0 spiro atoms. The third-order valence-corrected chi connectivity index (χ3v) is 17.5. The molecule has 97 heavy (non-hydrogen) atoms. The molecule has 3 fully saturated rings. The van der Waals surface area contributed by atoms with Crippen LogP contribution in [-0.2, 0) is 99.4 Å². The highest BCUT2D eigenvalue weighted by Crippen LogP contribution is 2.39. The maximum absolute atomic E-state index is 14.9. The number of carbonyl (C=O) groups is 4. The van der Waals surface area contributed by atoms with Gasteiger partial charge in [0.05, 0.1) is 83.3 Å². The van der Waals surface area contributed by atoms with Crippen molar-refractivity contribution in [3.8, 4) is 5.75 Å². The molecule has 0 unspecified atom stereocenters. The number of nitrogens with zero attached hydrogens (tertiary/aromatic N) is 1. The van der Waals surface area contributed by atoms with Crippen molar-refractivity contribution in [1.82, 2.24) is 4.90 Å². The molecule has 7 aromatic carbocycles. The zero-order valence-corrected chi connectivity index (χ0v) is 54.4. The average molecular weight is 1330 g/mol. The standard InChI is InChI=1S/C76H83NO20/c1-49-64(87-43-50-24-10-4-11-25-50)68(90-45-52-28-14-6-15-29-52)69(91-46-53-30-16-7-17-31-53)76(93-49)97-67-63(80)59(42-78)94-75(70(67)96-73(83)55-32-18-8-19-33-55)92-48-60-65(88-47-54-37-39-56(84-2)40-38-54)66(89-44-51-26-12-5-13-27-51)62(74(95-60)86-41-23-9-20-36-61(79)85-3)77-71(81)57-34-21-22-35-58(57)72(77)82/h4-8,10-19,21-22,24-35,37-40,49,59-60,62-70,74-76,78,80H,9,20,23,36,41-48H2,1-3H3/t49-,59+,60+,62+,63-,64+,65+,66+,67-,68+,69-,70+,74+,75+,76-/m0/s1. The van der Waals surface area contributed by atoms with E-state index in [1.807, 2.05) is 140 Å². The summed E-state index contributed by atoms with van der Waals surface area (Å²) in [4.78, 5) is 57.6. The van der Waals surface area contributed by atoms with Crippen molar-refractivity contribution in [3.05, 3.63) is 245 Å². The minimum Gasteiger partial charge on any atom is -0.497 e. The van der Waals surface area contributed by atoms with Gasteiger partial charge in [-0.3, -0.25) is 19.3 Å². The second-order valence-electron chi connectivity index (χ2n) is 24.1. The number of hydrogen-bond acceptors (Lipinski definition) is 20. The Balaban J connectivity index is 0.963. The lowest BCUT2D eigenvalue weighted by Crippen LogP contribution is -2.68. The number of rotatable bonds is 32. The zero-order valence-electron chi connectivity index (χ0n) is 54.4. The van der Waals surface area contributed by atoms with E-state index in [9.17, 15) is 29.4 Å². The van der Waals surface area contributed by atoms with Crippen molar-refractivity contribution < 1.29 is 95.7 Å². The number of aliphatic hydroxyl groups excluding tert-OH is 2. The topological polar surface area (TPSA) is 241 Å². The highest BCUT2D eigenvalue weighted by atomic mass is 16.8. The molecule has 7 aromatic rings. The first-order chi connectivity index (χ1) is 47.5. The lowest BCUT2D eigenvalue weighted by Gasteiger charge is -2.50. The van der Waals surface area contributed by atoms with Gasteiger partial charge in [-0.05, 0) is 84.0 Å². The molecule has 4 aliphatic rings. The van der Waals surface area contributed by atoms with Gasteiger partial charge in [-0.25, -0.2) is 4.79 Å². The summed E-state index contributed by atoms with van der Waals surface area (Å²) in [6.45, 7) is 0.905. The van der Waals surface area contributed by atoms with Gasteiger partial charge in [0.2, 0.25) is 0 Å². The van der Waals surface area contributed by atoms with E-state index in [0.717, 1.165) is 27.2 Å². The Kier molecular flexibility index (Phi) is 25.3. The summed E-state index contributed by atoms with van der Waals surface area (Å²) < 4.78 is 92.4. The van der Waals surface area contributed by atoms with Gasteiger partial charge >= 0.3 is 11.9 Å². The number of aliphatic hydroxyl groups is 2. The van der Waals surface area contributed by atoms with Crippen LogP contribution in [0.3, 0.4) is 0 Å². The fraction of sp³-hybridized carbons (Fsp3) is 0.395. The zero-order chi connectivity index (χ0) is 67.5. The van der Waals surface area contributed by atoms with Gasteiger partial charge in [0.15, 0.2) is 25.0 Å². The maximum atomic E-state index is 14.9. The number of carbonyl (C=O) groups excluding carboxylic acids is 4. The molecule has 3 saturated heterocycles. The van der Waals surface area contributed by atoms with Crippen LogP contribution in [0.5, 0.6) is 5.75 Å². The van der Waals surface area contributed by atoms with Crippen LogP contribution in [0.25, 0.3) is 0 Å². The third-order valence-electron chi connectivity index (χ3n) is 17.5.